The first-order valence-electron chi connectivity index (χ1n) is 9.33. The molecule has 0 saturated heterocycles. The Morgan fingerprint density at radius 3 is 2.58 bits per heavy atom. The minimum atomic E-state index is -0.216. The maximum absolute atomic E-state index is 12.5. The van der Waals surface area contributed by atoms with Crippen molar-refractivity contribution in [3.63, 3.8) is 0 Å². The van der Waals surface area contributed by atoms with Crippen LogP contribution in [0.2, 0.25) is 10.0 Å². The van der Waals surface area contributed by atoms with Gasteiger partial charge in [-0.1, -0.05) is 58.7 Å². The number of thioether (sulfide) groups is 1. The van der Waals surface area contributed by atoms with E-state index in [-0.39, 0.29) is 11.7 Å². The van der Waals surface area contributed by atoms with Crippen LogP contribution in [0.5, 0.6) is 0 Å². The van der Waals surface area contributed by atoms with Gasteiger partial charge in [-0.25, -0.2) is 0 Å². The molecule has 0 aliphatic carbocycles. The highest BCUT2D eigenvalue weighted by Crippen LogP contribution is 2.28. The van der Waals surface area contributed by atoms with E-state index in [1.54, 1.807) is 24.4 Å². The van der Waals surface area contributed by atoms with Crippen molar-refractivity contribution in [3.05, 3.63) is 82.5 Å². The van der Waals surface area contributed by atoms with Gasteiger partial charge in [0.15, 0.2) is 11.0 Å². The molecule has 0 spiro atoms. The third-order valence-electron chi connectivity index (χ3n) is 4.36. The number of pyridine rings is 1. The van der Waals surface area contributed by atoms with Gasteiger partial charge in [-0.2, -0.15) is 0 Å². The Hall–Kier alpha value is -2.87. The zero-order valence-corrected chi connectivity index (χ0v) is 18.7. The molecule has 6 nitrogen and oxygen atoms in total. The second kappa shape index (κ2) is 9.51. The smallest absolute Gasteiger partial charge is 0.234 e. The average molecular weight is 470 g/mol. The predicted octanol–water partition coefficient (Wildman–Crippen LogP) is 5.68. The van der Waals surface area contributed by atoms with E-state index >= 15 is 0 Å². The molecule has 4 aromatic rings. The lowest BCUT2D eigenvalue weighted by Gasteiger charge is -2.11. The number of benzene rings is 2. The lowest BCUT2D eigenvalue weighted by atomic mass is 10.2. The maximum atomic E-state index is 12.5. The lowest BCUT2D eigenvalue weighted by Crippen LogP contribution is -2.15. The van der Waals surface area contributed by atoms with Crippen LogP contribution >= 0.6 is 35.0 Å². The number of hydrogen-bond acceptors (Lipinski definition) is 5. The molecule has 0 saturated carbocycles. The molecule has 1 N–H and O–H groups in total. The molecule has 0 radical (unpaired) electrons. The van der Waals surface area contributed by atoms with Gasteiger partial charge < -0.3 is 5.32 Å². The first-order chi connectivity index (χ1) is 15.0. The molecule has 31 heavy (non-hydrogen) atoms. The number of anilines is 1. The molecular weight excluding hydrogens is 453 g/mol. The zero-order valence-electron chi connectivity index (χ0n) is 16.4. The maximum Gasteiger partial charge on any atom is 0.234 e. The van der Waals surface area contributed by atoms with Crippen LogP contribution in [-0.2, 0) is 4.79 Å². The molecule has 156 valence electrons. The summed E-state index contributed by atoms with van der Waals surface area (Å²) in [4.78, 5) is 16.9. The average Bonchev–Trinajstić information content (AvgIpc) is 3.19. The highest BCUT2D eigenvalue weighted by molar-refractivity contribution is 7.99. The number of rotatable bonds is 6. The summed E-state index contributed by atoms with van der Waals surface area (Å²) in [6, 6.07) is 18.5. The van der Waals surface area contributed by atoms with E-state index in [1.165, 1.54) is 11.8 Å². The Bertz CT molecular complexity index is 1210. The molecule has 0 fully saturated rings. The number of carbonyl (C=O) groups is 1. The molecule has 0 bridgehead atoms. The number of hydrogen-bond donors (Lipinski definition) is 1. The third kappa shape index (κ3) is 5.07. The van der Waals surface area contributed by atoms with Gasteiger partial charge in [0, 0.05) is 16.9 Å². The summed E-state index contributed by atoms with van der Waals surface area (Å²) in [5.41, 5.74) is 3.23. The van der Waals surface area contributed by atoms with Crippen LogP contribution in [0.1, 0.15) is 5.56 Å². The topological polar surface area (TPSA) is 72.7 Å². The van der Waals surface area contributed by atoms with Gasteiger partial charge >= 0.3 is 0 Å². The first-order valence-corrected chi connectivity index (χ1v) is 11.1. The van der Waals surface area contributed by atoms with Crippen molar-refractivity contribution in [2.24, 2.45) is 0 Å². The quantitative estimate of drug-likeness (QED) is 0.368. The number of halogens is 2. The van der Waals surface area contributed by atoms with Crippen LogP contribution in [0.25, 0.3) is 17.2 Å². The standard InChI is InChI=1S/C22H17Cl2N5OS/c1-14-5-8-16(9-6-14)29-21(19-4-2-3-11-25-19)27-28-22(29)31-13-20(30)26-18-10-7-15(23)12-17(18)24/h2-12H,13H2,1H3,(H,26,30). The normalized spacial score (nSPS) is 10.8. The monoisotopic (exact) mass is 469 g/mol. The molecule has 2 aromatic carbocycles. The Morgan fingerprint density at radius 2 is 1.87 bits per heavy atom. The number of aryl methyl sites for hydroxylation is 1. The van der Waals surface area contributed by atoms with Crippen molar-refractivity contribution in [2.45, 2.75) is 12.1 Å². The molecule has 0 unspecified atom stereocenters. The second-order valence-electron chi connectivity index (χ2n) is 6.65. The van der Waals surface area contributed by atoms with E-state index in [9.17, 15) is 4.79 Å². The molecule has 2 heterocycles. The number of carbonyl (C=O) groups excluding carboxylic acids is 1. The summed E-state index contributed by atoms with van der Waals surface area (Å²) >= 11 is 13.3. The van der Waals surface area contributed by atoms with Gasteiger partial charge in [0.2, 0.25) is 5.91 Å². The Labute approximate surface area is 193 Å². The molecule has 0 aliphatic rings. The fraction of sp³-hybridized carbons (Fsp3) is 0.0909. The van der Waals surface area contributed by atoms with Gasteiger partial charge in [0.1, 0.15) is 5.69 Å². The number of nitrogens with one attached hydrogen (secondary N) is 1. The van der Waals surface area contributed by atoms with Gasteiger partial charge in [0.05, 0.1) is 16.5 Å². The summed E-state index contributed by atoms with van der Waals surface area (Å²) < 4.78 is 1.90. The Morgan fingerprint density at radius 1 is 1.06 bits per heavy atom. The summed E-state index contributed by atoms with van der Waals surface area (Å²) in [6.45, 7) is 2.03. The minimum absolute atomic E-state index is 0.130. The zero-order chi connectivity index (χ0) is 21.8. The molecule has 1 amide bonds. The summed E-state index contributed by atoms with van der Waals surface area (Å²) in [5.74, 6) is 0.519. The van der Waals surface area contributed by atoms with E-state index in [0.29, 0.717) is 32.4 Å². The minimum Gasteiger partial charge on any atom is -0.324 e. The van der Waals surface area contributed by atoms with Gasteiger partial charge in [0.25, 0.3) is 0 Å². The van der Waals surface area contributed by atoms with Crippen molar-refractivity contribution in [3.8, 4) is 17.2 Å². The van der Waals surface area contributed by atoms with Crippen LogP contribution < -0.4 is 5.32 Å². The van der Waals surface area contributed by atoms with E-state index in [4.69, 9.17) is 23.2 Å². The third-order valence-corrected chi connectivity index (χ3v) is 5.83. The van der Waals surface area contributed by atoms with Crippen LogP contribution in [0.3, 0.4) is 0 Å². The Kier molecular flexibility index (Phi) is 6.56. The van der Waals surface area contributed by atoms with Crippen molar-refractivity contribution >= 4 is 46.6 Å². The fourth-order valence-corrected chi connectivity index (χ4v) is 4.07. The van der Waals surface area contributed by atoms with Crippen LogP contribution in [0.15, 0.2) is 72.0 Å². The number of aromatic nitrogens is 4. The second-order valence-corrected chi connectivity index (χ2v) is 8.44. The first kappa shape index (κ1) is 21.4. The summed E-state index contributed by atoms with van der Waals surface area (Å²) in [7, 11) is 0. The molecule has 2 aromatic heterocycles. The fourth-order valence-electron chi connectivity index (χ4n) is 2.86. The molecular formula is C22H17Cl2N5OS. The highest BCUT2D eigenvalue weighted by atomic mass is 35.5. The summed E-state index contributed by atoms with van der Waals surface area (Å²) in [6.07, 6.45) is 1.71. The predicted molar refractivity (Wildman–Crippen MR) is 125 cm³/mol. The highest BCUT2D eigenvalue weighted by Gasteiger charge is 2.18. The largest absolute Gasteiger partial charge is 0.324 e. The number of nitrogens with zero attached hydrogens (tertiary/aromatic N) is 4. The van der Waals surface area contributed by atoms with Crippen LogP contribution in [0, 0.1) is 6.92 Å². The van der Waals surface area contributed by atoms with Crippen LogP contribution in [-0.4, -0.2) is 31.4 Å². The molecule has 4 rings (SSSR count). The van der Waals surface area contributed by atoms with Gasteiger partial charge in [-0.15, -0.1) is 10.2 Å². The lowest BCUT2D eigenvalue weighted by molar-refractivity contribution is -0.113. The van der Waals surface area contributed by atoms with Gasteiger partial charge in [-0.05, 0) is 49.4 Å². The van der Waals surface area contributed by atoms with Gasteiger partial charge in [-0.3, -0.25) is 14.3 Å². The molecule has 0 aliphatic heterocycles. The van der Waals surface area contributed by atoms with Crippen molar-refractivity contribution in [2.75, 3.05) is 11.1 Å². The van der Waals surface area contributed by atoms with Crippen molar-refractivity contribution < 1.29 is 4.79 Å². The molecule has 9 heteroatoms. The Balaban J connectivity index is 1.58. The van der Waals surface area contributed by atoms with Crippen molar-refractivity contribution in [1.82, 2.24) is 19.7 Å². The summed E-state index contributed by atoms with van der Waals surface area (Å²) in [5, 5.41) is 12.9. The van der Waals surface area contributed by atoms with E-state index < -0.39 is 0 Å². The van der Waals surface area contributed by atoms with E-state index in [1.807, 2.05) is 54.0 Å². The van der Waals surface area contributed by atoms with Crippen LogP contribution in [0.4, 0.5) is 5.69 Å². The van der Waals surface area contributed by atoms with E-state index in [2.05, 4.69) is 20.5 Å². The number of amides is 1. The SMILES string of the molecule is Cc1ccc(-n2c(SCC(=O)Nc3ccc(Cl)cc3Cl)nnc2-c2ccccn2)cc1. The van der Waals surface area contributed by atoms with E-state index in [0.717, 1.165) is 11.3 Å². The van der Waals surface area contributed by atoms with Crippen molar-refractivity contribution in [1.29, 1.82) is 0 Å². The molecule has 0 atom stereocenters.